The lowest BCUT2D eigenvalue weighted by atomic mass is 10.2. The van der Waals surface area contributed by atoms with Gasteiger partial charge in [-0.15, -0.1) is 0 Å². The lowest BCUT2D eigenvalue weighted by Gasteiger charge is -2.11. The van der Waals surface area contributed by atoms with Crippen molar-refractivity contribution in [3.63, 3.8) is 0 Å². The summed E-state index contributed by atoms with van der Waals surface area (Å²) >= 11 is 0. The molecule has 0 radical (unpaired) electrons. The van der Waals surface area contributed by atoms with Gasteiger partial charge in [0, 0.05) is 19.5 Å². The van der Waals surface area contributed by atoms with Crippen molar-refractivity contribution < 1.29 is 14.0 Å². The number of fused-ring (bicyclic) bond motifs is 1. The minimum Gasteiger partial charge on any atom is -0.459 e. The molecule has 0 bridgehead atoms. The third-order valence-electron chi connectivity index (χ3n) is 4.12. The van der Waals surface area contributed by atoms with Crippen LogP contribution in [0.3, 0.4) is 0 Å². The minimum atomic E-state index is -0.266. The SMILES string of the molecule is CC(C)CNC(=O)Cn1c(CCNC(=O)c2ccco2)nc2ccccc21. The fraction of sp³-hybridized carbons (Fsp3) is 0.350. The van der Waals surface area contributed by atoms with E-state index >= 15 is 0 Å². The molecule has 2 heterocycles. The summed E-state index contributed by atoms with van der Waals surface area (Å²) in [5.74, 6) is 1.11. The quantitative estimate of drug-likeness (QED) is 0.639. The predicted octanol–water partition coefficient (Wildman–Crippen LogP) is 2.37. The van der Waals surface area contributed by atoms with E-state index in [4.69, 9.17) is 4.42 Å². The number of nitrogens with zero attached hydrogens (tertiary/aromatic N) is 2. The molecule has 0 saturated carbocycles. The topological polar surface area (TPSA) is 89.2 Å². The molecule has 0 atom stereocenters. The van der Waals surface area contributed by atoms with Gasteiger partial charge in [-0.3, -0.25) is 9.59 Å². The number of rotatable bonds is 8. The van der Waals surface area contributed by atoms with Crippen LogP contribution in [-0.2, 0) is 17.8 Å². The largest absolute Gasteiger partial charge is 0.459 e. The number of imidazole rings is 1. The summed E-state index contributed by atoms with van der Waals surface area (Å²) < 4.78 is 6.99. The van der Waals surface area contributed by atoms with Gasteiger partial charge in [-0.2, -0.15) is 0 Å². The Hall–Kier alpha value is -3.09. The Morgan fingerprint density at radius 2 is 1.96 bits per heavy atom. The highest BCUT2D eigenvalue weighted by atomic mass is 16.3. The number of nitrogens with one attached hydrogen (secondary N) is 2. The fourth-order valence-electron chi connectivity index (χ4n) is 2.79. The second-order valence-electron chi connectivity index (χ2n) is 6.78. The summed E-state index contributed by atoms with van der Waals surface area (Å²) in [6.45, 7) is 5.35. The van der Waals surface area contributed by atoms with Crippen molar-refractivity contribution in [2.24, 2.45) is 5.92 Å². The first-order chi connectivity index (χ1) is 13.0. The van der Waals surface area contributed by atoms with Crippen molar-refractivity contribution in [1.82, 2.24) is 20.2 Å². The van der Waals surface area contributed by atoms with Crippen molar-refractivity contribution >= 4 is 22.8 Å². The number of para-hydroxylation sites is 2. The van der Waals surface area contributed by atoms with Crippen LogP contribution >= 0.6 is 0 Å². The van der Waals surface area contributed by atoms with E-state index in [1.807, 2.05) is 28.8 Å². The van der Waals surface area contributed by atoms with Gasteiger partial charge >= 0.3 is 0 Å². The van der Waals surface area contributed by atoms with E-state index in [0.29, 0.717) is 25.4 Å². The van der Waals surface area contributed by atoms with E-state index in [1.54, 1.807) is 12.1 Å². The van der Waals surface area contributed by atoms with Gasteiger partial charge < -0.3 is 19.6 Å². The smallest absolute Gasteiger partial charge is 0.286 e. The van der Waals surface area contributed by atoms with Gasteiger partial charge in [0.1, 0.15) is 12.4 Å². The second kappa shape index (κ2) is 8.53. The van der Waals surface area contributed by atoms with Crippen molar-refractivity contribution in [3.05, 3.63) is 54.2 Å². The van der Waals surface area contributed by atoms with Crippen molar-refractivity contribution in [2.45, 2.75) is 26.8 Å². The minimum absolute atomic E-state index is 0.0484. The third-order valence-corrected chi connectivity index (χ3v) is 4.12. The molecule has 0 aliphatic heterocycles. The van der Waals surface area contributed by atoms with Crippen LogP contribution in [0.15, 0.2) is 47.1 Å². The van der Waals surface area contributed by atoms with Crippen molar-refractivity contribution in [2.75, 3.05) is 13.1 Å². The van der Waals surface area contributed by atoms with Crippen molar-refractivity contribution in [1.29, 1.82) is 0 Å². The van der Waals surface area contributed by atoms with Crippen LogP contribution in [0.5, 0.6) is 0 Å². The highest BCUT2D eigenvalue weighted by molar-refractivity contribution is 5.91. The van der Waals surface area contributed by atoms with E-state index in [9.17, 15) is 9.59 Å². The average molecular weight is 368 g/mol. The Morgan fingerprint density at radius 3 is 2.70 bits per heavy atom. The predicted molar refractivity (Wildman–Crippen MR) is 102 cm³/mol. The van der Waals surface area contributed by atoms with Gasteiger partial charge in [0.05, 0.1) is 17.3 Å². The third kappa shape index (κ3) is 4.75. The number of benzene rings is 1. The Kier molecular flexibility index (Phi) is 5.90. The summed E-state index contributed by atoms with van der Waals surface area (Å²) in [6.07, 6.45) is 1.97. The van der Waals surface area contributed by atoms with Gasteiger partial charge in [-0.25, -0.2) is 4.98 Å². The Labute approximate surface area is 157 Å². The molecule has 3 rings (SSSR count). The molecular formula is C20H24N4O3. The molecule has 7 heteroatoms. The first-order valence-electron chi connectivity index (χ1n) is 9.07. The zero-order valence-corrected chi connectivity index (χ0v) is 15.6. The van der Waals surface area contributed by atoms with E-state index in [1.165, 1.54) is 6.26 Å². The molecule has 0 aliphatic rings. The fourth-order valence-corrected chi connectivity index (χ4v) is 2.79. The number of amides is 2. The molecule has 2 amide bonds. The van der Waals surface area contributed by atoms with Crippen molar-refractivity contribution in [3.8, 4) is 0 Å². The molecular weight excluding hydrogens is 344 g/mol. The molecule has 3 aromatic rings. The molecule has 0 saturated heterocycles. The maximum atomic E-state index is 12.3. The summed E-state index contributed by atoms with van der Waals surface area (Å²) in [7, 11) is 0. The summed E-state index contributed by atoms with van der Waals surface area (Å²) in [5.41, 5.74) is 1.74. The average Bonchev–Trinajstić information content (AvgIpc) is 3.29. The summed E-state index contributed by atoms with van der Waals surface area (Å²) in [4.78, 5) is 28.9. The number of carbonyl (C=O) groups is 2. The van der Waals surface area contributed by atoms with Gasteiger partial charge in [-0.05, 0) is 30.2 Å². The molecule has 2 aromatic heterocycles. The molecule has 2 N–H and O–H groups in total. The molecule has 7 nitrogen and oxygen atoms in total. The highest BCUT2D eigenvalue weighted by Gasteiger charge is 2.14. The van der Waals surface area contributed by atoms with Crippen LogP contribution in [0, 0.1) is 5.92 Å². The second-order valence-corrected chi connectivity index (χ2v) is 6.78. The lowest BCUT2D eigenvalue weighted by Crippen LogP contribution is -2.31. The molecule has 27 heavy (non-hydrogen) atoms. The maximum absolute atomic E-state index is 12.3. The molecule has 142 valence electrons. The Bertz CT molecular complexity index is 913. The zero-order valence-electron chi connectivity index (χ0n) is 15.6. The molecule has 0 aliphatic carbocycles. The first-order valence-corrected chi connectivity index (χ1v) is 9.07. The number of furan rings is 1. The van der Waals surface area contributed by atoms with E-state index in [2.05, 4.69) is 29.5 Å². The standard InChI is InChI=1S/C20H24N4O3/c1-14(2)12-22-19(25)13-24-16-7-4-3-6-15(16)23-18(24)9-10-21-20(26)17-8-5-11-27-17/h3-8,11,14H,9-10,12-13H2,1-2H3,(H,21,26)(H,22,25). The van der Waals surface area contributed by atoms with Crippen LogP contribution in [-0.4, -0.2) is 34.5 Å². The maximum Gasteiger partial charge on any atom is 0.286 e. The van der Waals surface area contributed by atoms with Crippen LogP contribution in [0.25, 0.3) is 11.0 Å². The van der Waals surface area contributed by atoms with Gasteiger partial charge in [0.15, 0.2) is 5.76 Å². The van der Waals surface area contributed by atoms with E-state index in [-0.39, 0.29) is 24.1 Å². The molecule has 1 aromatic carbocycles. The normalized spacial score (nSPS) is 11.1. The van der Waals surface area contributed by atoms with Crippen LogP contribution in [0.1, 0.15) is 30.2 Å². The number of aromatic nitrogens is 2. The highest BCUT2D eigenvalue weighted by Crippen LogP contribution is 2.16. The van der Waals surface area contributed by atoms with Gasteiger partial charge in [0.25, 0.3) is 5.91 Å². The molecule has 0 unspecified atom stereocenters. The monoisotopic (exact) mass is 368 g/mol. The lowest BCUT2D eigenvalue weighted by molar-refractivity contribution is -0.121. The van der Waals surface area contributed by atoms with Gasteiger partial charge in [0.2, 0.25) is 5.91 Å². The van der Waals surface area contributed by atoms with Crippen LogP contribution in [0.2, 0.25) is 0 Å². The zero-order chi connectivity index (χ0) is 19.2. The number of hydrogen-bond donors (Lipinski definition) is 2. The number of carbonyl (C=O) groups excluding carboxylic acids is 2. The first kappa shape index (κ1) is 18.7. The summed E-state index contributed by atoms with van der Waals surface area (Å²) in [5, 5.41) is 5.75. The molecule has 0 spiro atoms. The van der Waals surface area contributed by atoms with Crippen LogP contribution in [0.4, 0.5) is 0 Å². The Balaban J connectivity index is 1.70. The molecule has 0 fully saturated rings. The number of hydrogen-bond acceptors (Lipinski definition) is 4. The summed E-state index contributed by atoms with van der Waals surface area (Å²) in [6, 6.07) is 11.0. The van der Waals surface area contributed by atoms with E-state index < -0.39 is 0 Å². The van der Waals surface area contributed by atoms with Gasteiger partial charge in [-0.1, -0.05) is 26.0 Å². The van der Waals surface area contributed by atoms with E-state index in [0.717, 1.165) is 16.9 Å². The Morgan fingerprint density at radius 1 is 1.15 bits per heavy atom. The van der Waals surface area contributed by atoms with Crippen LogP contribution < -0.4 is 10.6 Å².